The molecule has 1 aliphatic rings. The first kappa shape index (κ1) is 21.3. The van der Waals surface area contributed by atoms with Crippen molar-refractivity contribution < 1.29 is 14.5 Å². The van der Waals surface area contributed by atoms with E-state index in [-0.39, 0.29) is 11.3 Å². The molecule has 1 N–H and O–H groups in total. The molecule has 3 aromatic rings. The Kier molecular flexibility index (Phi) is 6.62. The van der Waals surface area contributed by atoms with Crippen LogP contribution in [0.1, 0.15) is 15.9 Å². The Hall–Kier alpha value is -3.91. The molecule has 0 radical (unpaired) electrons. The van der Waals surface area contributed by atoms with E-state index in [1.807, 2.05) is 65.6 Å². The summed E-state index contributed by atoms with van der Waals surface area (Å²) in [5.41, 5.74) is 5.36. The molecule has 1 fully saturated rings. The highest BCUT2D eigenvalue weighted by Crippen LogP contribution is 2.30. The van der Waals surface area contributed by atoms with E-state index in [1.54, 1.807) is 17.1 Å². The van der Waals surface area contributed by atoms with Gasteiger partial charge in [0, 0.05) is 24.7 Å². The lowest BCUT2D eigenvalue weighted by atomic mass is 10.1. The molecule has 1 heterocycles. The van der Waals surface area contributed by atoms with Gasteiger partial charge in [-0.05, 0) is 29.8 Å². The largest absolute Gasteiger partial charge is 0.378 e. The van der Waals surface area contributed by atoms with Gasteiger partial charge in [0.1, 0.15) is 5.69 Å². The lowest BCUT2D eigenvalue weighted by Gasteiger charge is -2.28. The van der Waals surface area contributed by atoms with E-state index in [0.29, 0.717) is 38.5 Å². The van der Waals surface area contributed by atoms with Crippen LogP contribution in [0.2, 0.25) is 0 Å². The van der Waals surface area contributed by atoms with E-state index in [4.69, 9.17) is 4.74 Å². The van der Waals surface area contributed by atoms with E-state index >= 15 is 0 Å². The molecule has 3 aromatic carbocycles. The number of ether oxygens (including phenoxy) is 1. The molecule has 0 bridgehead atoms. The molecule has 0 unspecified atom stereocenters. The molecular weight excluding hydrogens is 408 g/mol. The summed E-state index contributed by atoms with van der Waals surface area (Å²) in [7, 11) is 0. The number of anilines is 2. The zero-order valence-corrected chi connectivity index (χ0v) is 17.5. The average molecular weight is 432 g/mol. The number of benzene rings is 3. The molecule has 8 nitrogen and oxygen atoms in total. The van der Waals surface area contributed by atoms with Gasteiger partial charge in [-0.3, -0.25) is 25.3 Å². The third-order valence-corrected chi connectivity index (χ3v) is 5.27. The molecule has 8 heteroatoms. The molecule has 164 valence electrons. The van der Waals surface area contributed by atoms with E-state index in [2.05, 4.69) is 5.43 Å². The third kappa shape index (κ3) is 5.04. The Morgan fingerprint density at radius 2 is 1.66 bits per heavy atom. The van der Waals surface area contributed by atoms with Crippen LogP contribution in [0.4, 0.5) is 17.1 Å². The minimum absolute atomic E-state index is 0.0890. The summed E-state index contributed by atoms with van der Waals surface area (Å²) in [6.45, 7) is 2.64. The Balaban J connectivity index is 1.58. The van der Waals surface area contributed by atoms with Gasteiger partial charge >= 0.3 is 0 Å². The van der Waals surface area contributed by atoms with Crippen molar-refractivity contribution in [1.82, 2.24) is 5.43 Å². The van der Waals surface area contributed by atoms with E-state index < -0.39 is 10.8 Å². The fraction of sp³-hybridized carbons (Fsp3) is 0.208. The maximum atomic E-state index is 13.1. The van der Waals surface area contributed by atoms with Crippen molar-refractivity contribution in [3.63, 3.8) is 0 Å². The van der Waals surface area contributed by atoms with Gasteiger partial charge in [0.05, 0.1) is 30.4 Å². The minimum atomic E-state index is -0.444. The van der Waals surface area contributed by atoms with Crippen LogP contribution >= 0.6 is 0 Å². The van der Waals surface area contributed by atoms with Crippen LogP contribution in [0.3, 0.4) is 0 Å². The lowest BCUT2D eigenvalue weighted by molar-refractivity contribution is -0.384. The first-order valence-electron chi connectivity index (χ1n) is 10.4. The number of hydrazine groups is 1. The van der Waals surface area contributed by atoms with Gasteiger partial charge in [0.15, 0.2) is 0 Å². The second kappa shape index (κ2) is 9.93. The fourth-order valence-corrected chi connectivity index (χ4v) is 3.64. The zero-order chi connectivity index (χ0) is 22.3. The quantitative estimate of drug-likeness (QED) is 0.452. The highest BCUT2D eigenvalue weighted by Gasteiger charge is 2.24. The van der Waals surface area contributed by atoms with Crippen LogP contribution in [0.25, 0.3) is 0 Å². The minimum Gasteiger partial charge on any atom is -0.378 e. The average Bonchev–Trinajstić information content (AvgIpc) is 2.85. The smallest absolute Gasteiger partial charge is 0.293 e. The van der Waals surface area contributed by atoms with Gasteiger partial charge in [-0.2, -0.15) is 0 Å². The van der Waals surface area contributed by atoms with Gasteiger partial charge in [0.2, 0.25) is 0 Å². The molecule has 1 aliphatic heterocycles. The standard InChI is InChI=1S/C24H24N4O4/c29-24(20-11-12-22(23(17-20)28(30)31)26-13-15-32-16-14-26)25-27(21-9-5-2-6-10-21)18-19-7-3-1-4-8-19/h1-12,17H,13-16,18H2,(H,25,29). The van der Waals surface area contributed by atoms with Crippen molar-refractivity contribution in [1.29, 1.82) is 0 Å². The molecule has 32 heavy (non-hydrogen) atoms. The van der Waals surface area contributed by atoms with Crippen molar-refractivity contribution in [2.75, 3.05) is 36.2 Å². The number of rotatable bonds is 7. The van der Waals surface area contributed by atoms with E-state index in [9.17, 15) is 14.9 Å². The number of carbonyl (C=O) groups excluding carboxylic acids is 1. The maximum absolute atomic E-state index is 13.1. The SMILES string of the molecule is O=C(NN(Cc1ccccc1)c1ccccc1)c1ccc(N2CCOCC2)c([N+](=O)[O-])c1. The summed E-state index contributed by atoms with van der Waals surface area (Å²) in [4.78, 5) is 26.3. The number of carbonyl (C=O) groups is 1. The molecular formula is C24H24N4O4. The van der Waals surface area contributed by atoms with Gasteiger partial charge in [0.25, 0.3) is 11.6 Å². The number of nitrogens with one attached hydrogen (secondary N) is 1. The molecule has 4 rings (SSSR count). The normalized spacial score (nSPS) is 13.4. The van der Waals surface area contributed by atoms with Crippen molar-refractivity contribution in [2.45, 2.75) is 6.54 Å². The van der Waals surface area contributed by atoms with Crippen LogP contribution in [0.5, 0.6) is 0 Å². The topological polar surface area (TPSA) is 88.0 Å². The van der Waals surface area contributed by atoms with Crippen molar-refractivity contribution >= 4 is 23.0 Å². The molecule has 0 spiro atoms. The molecule has 0 aliphatic carbocycles. The number of hydrogen-bond donors (Lipinski definition) is 1. The van der Waals surface area contributed by atoms with Crippen LogP contribution in [0.15, 0.2) is 78.9 Å². The predicted molar refractivity (Wildman–Crippen MR) is 123 cm³/mol. The van der Waals surface area contributed by atoms with E-state index in [0.717, 1.165) is 11.3 Å². The molecule has 0 atom stereocenters. The summed E-state index contributed by atoms with van der Waals surface area (Å²) in [5.74, 6) is -0.415. The van der Waals surface area contributed by atoms with Crippen LogP contribution in [-0.2, 0) is 11.3 Å². The predicted octanol–water partition coefficient (Wildman–Crippen LogP) is 3.78. The number of nitrogens with zero attached hydrogens (tertiary/aromatic N) is 3. The highest BCUT2D eigenvalue weighted by atomic mass is 16.6. The van der Waals surface area contributed by atoms with Crippen molar-refractivity contribution in [2.24, 2.45) is 0 Å². The maximum Gasteiger partial charge on any atom is 0.293 e. The number of hydrogen-bond acceptors (Lipinski definition) is 6. The fourth-order valence-electron chi connectivity index (χ4n) is 3.64. The van der Waals surface area contributed by atoms with Crippen molar-refractivity contribution in [3.05, 3.63) is 100 Å². The first-order valence-corrected chi connectivity index (χ1v) is 10.4. The molecule has 1 amide bonds. The number of morpholine rings is 1. The molecule has 0 aromatic heterocycles. The van der Waals surface area contributed by atoms with E-state index in [1.165, 1.54) is 6.07 Å². The van der Waals surface area contributed by atoms with Crippen molar-refractivity contribution in [3.8, 4) is 0 Å². The van der Waals surface area contributed by atoms with Gasteiger partial charge in [-0.25, -0.2) is 0 Å². The number of nitro groups is 1. The summed E-state index contributed by atoms with van der Waals surface area (Å²) >= 11 is 0. The lowest BCUT2D eigenvalue weighted by Crippen LogP contribution is -2.42. The van der Waals surface area contributed by atoms with Crippen LogP contribution < -0.4 is 15.3 Å². The van der Waals surface area contributed by atoms with Gasteiger partial charge in [-0.1, -0.05) is 48.5 Å². The summed E-state index contributed by atoms with van der Waals surface area (Å²) in [6.07, 6.45) is 0. The van der Waals surface area contributed by atoms with Crippen LogP contribution in [0, 0.1) is 10.1 Å². The Bertz CT molecular complexity index is 1070. The second-order valence-corrected chi connectivity index (χ2v) is 7.41. The third-order valence-electron chi connectivity index (χ3n) is 5.27. The second-order valence-electron chi connectivity index (χ2n) is 7.41. The summed E-state index contributed by atoms with van der Waals surface area (Å²) < 4.78 is 5.34. The first-order chi connectivity index (χ1) is 15.6. The molecule has 1 saturated heterocycles. The summed E-state index contributed by atoms with van der Waals surface area (Å²) in [5, 5.41) is 13.5. The Morgan fingerprint density at radius 3 is 2.31 bits per heavy atom. The number of para-hydroxylation sites is 1. The zero-order valence-electron chi connectivity index (χ0n) is 17.5. The van der Waals surface area contributed by atoms with Gasteiger partial charge in [-0.15, -0.1) is 0 Å². The number of amides is 1. The van der Waals surface area contributed by atoms with Crippen LogP contribution in [-0.4, -0.2) is 37.1 Å². The highest BCUT2D eigenvalue weighted by molar-refractivity contribution is 5.96. The molecule has 0 saturated carbocycles. The summed E-state index contributed by atoms with van der Waals surface area (Å²) in [6, 6.07) is 23.8. The monoisotopic (exact) mass is 432 g/mol. The van der Waals surface area contributed by atoms with Gasteiger partial charge < -0.3 is 9.64 Å². The number of nitro benzene ring substituents is 1. The Morgan fingerprint density at radius 1 is 1.00 bits per heavy atom. The Labute approximate surface area is 186 Å².